The van der Waals surface area contributed by atoms with Gasteiger partial charge in [-0.2, -0.15) is 0 Å². The number of Topliss-reactive ketones (excluding diaryl/α,β-unsaturated/α-hetero) is 1. The van der Waals surface area contributed by atoms with Crippen molar-refractivity contribution in [3.8, 4) is 0 Å². The standard InChI is InChI=1S/C15H10Cl2O/c16-15(17)13(11-7-3-1-4-8-11)14(18)12-9-5-2-6-10-12/h1-10H. The number of allylic oxidation sites excluding steroid dienone is 1. The molecule has 0 aliphatic rings. The minimum absolute atomic E-state index is 0.0185. The van der Waals surface area contributed by atoms with Crippen molar-refractivity contribution in [3.63, 3.8) is 0 Å². The van der Waals surface area contributed by atoms with Crippen molar-refractivity contribution in [3.05, 3.63) is 76.3 Å². The van der Waals surface area contributed by atoms with Crippen LogP contribution in [0.5, 0.6) is 0 Å². The number of carbonyl (C=O) groups excluding carboxylic acids is 1. The molecule has 2 aromatic rings. The molecule has 0 spiro atoms. The van der Waals surface area contributed by atoms with E-state index in [0.29, 0.717) is 16.7 Å². The lowest BCUT2D eigenvalue weighted by atomic mass is 9.98. The van der Waals surface area contributed by atoms with Crippen molar-refractivity contribution in [2.45, 2.75) is 0 Å². The molecule has 0 radical (unpaired) electrons. The molecule has 2 aromatic carbocycles. The minimum Gasteiger partial charge on any atom is -0.288 e. The second-order valence-electron chi connectivity index (χ2n) is 3.70. The molecule has 0 unspecified atom stereocenters. The largest absolute Gasteiger partial charge is 0.288 e. The topological polar surface area (TPSA) is 17.1 Å². The van der Waals surface area contributed by atoms with Crippen LogP contribution in [0.4, 0.5) is 0 Å². The second kappa shape index (κ2) is 5.85. The highest BCUT2D eigenvalue weighted by atomic mass is 35.5. The highest BCUT2D eigenvalue weighted by molar-refractivity contribution is 6.62. The summed E-state index contributed by atoms with van der Waals surface area (Å²) >= 11 is 11.7. The number of benzene rings is 2. The zero-order valence-corrected chi connectivity index (χ0v) is 10.9. The van der Waals surface area contributed by atoms with Crippen LogP contribution in [-0.2, 0) is 0 Å². The molecule has 0 saturated heterocycles. The fourth-order valence-corrected chi connectivity index (χ4v) is 2.05. The summed E-state index contributed by atoms with van der Waals surface area (Å²) in [7, 11) is 0. The highest BCUT2D eigenvalue weighted by Crippen LogP contribution is 2.27. The van der Waals surface area contributed by atoms with E-state index in [1.165, 1.54) is 0 Å². The van der Waals surface area contributed by atoms with Gasteiger partial charge in [-0.3, -0.25) is 4.79 Å². The van der Waals surface area contributed by atoms with Gasteiger partial charge in [-0.05, 0) is 5.56 Å². The zero-order chi connectivity index (χ0) is 13.0. The quantitative estimate of drug-likeness (QED) is 0.586. The Bertz CT molecular complexity index is 570. The lowest BCUT2D eigenvalue weighted by Crippen LogP contribution is -2.03. The number of rotatable bonds is 3. The fraction of sp³-hybridized carbons (Fsp3) is 0. The summed E-state index contributed by atoms with van der Waals surface area (Å²) in [6, 6.07) is 18.1. The molecule has 0 saturated carbocycles. The van der Waals surface area contributed by atoms with Crippen LogP contribution in [0.15, 0.2) is 65.2 Å². The van der Waals surface area contributed by atoms with Gasteiger partial charge in [-0.1, -0.05) is 83.9 Å². The summed E-state index contributed by atoms with van der Waals surface area (Å²) in [5.74, 6) is -0.179. The van der Waals surface area contributed by atoms with Crippen LogP contribution in [0, 0.1) is 0 Å². The summed E-state index contributed by atoms with van der Waals surface area (Å²) in [6.07, 6.45) is 0. The molecule has 0 amide bonds. The Kier molecular flexibility index (Phi) is 4.19. The van der Waals surface area contributed by atoms with Gasteiger partial charge in [0.05, 0.1) is 5.57 Å². The van der Waals surface area contributed by atoms with Gasteiger partial charge in [0.2, 0.25) is 0 Å². The number of hydrogen-bond donors (Lipinski definition) is 0. The third kappa shape index (κ3) is 2.81. The van der Waals surface area contributed by atoms with Gasteiger partial charge >= 0.3 is 0 Å². The number of ketones is 1. The lowest BCUT2D eigenvalue weighted by molar-refractivity contribution is 0.105. The van der Waals surface area contributed by atoms with E-state index in [2.05, 4.69) is 0 Å². The average Bonchev–Trinajstić information content (AvgIpc) is 2.40. The molecule has 0 bridgehead atoms. The summed E-state index contributed by atoms with van der Waals surface area (Å²) in [5, 5.41) is 0. The zero-order valence-electron chi connectivity index (χ0n) is 9.44. The van der Waals surface area contributed by atoms with Crippen LogP contribution in [0.3, 0.4) is 0 Å². The molecule has 0 atom stereocenters. The van der Waals surface area contributed by atoms with Crippen molar-refractivity contribution in [1.29, 1.82) is 0 Å². The lowest BCUT2D eigenvalue weighted by Gasteiger charge is -2.07. The maximum Gasteiger partial charge on any atom is 0.196 e. The van der Waals surface area contributed by atoms with Gasteiger partial charge in [0, 0.05) is 5.56 Å². The first kappa shape index (κ1) is 12.9. The van der Waals surface area contributed by atoms with E-state index in [-0.39, 0.29) is 10.3 Å². The van der Waals surface area contributed by atoms with Crippen LogP contribution >= 0.6 is 23.2 Å². The Morgan fingerprint density at radius 3 is 1.61 bits per heavy atom. The molecule has 0 heterocycles. The van der Waals surface area contributed by atoms with E-state index >= 15 is 0 Å². The van der Waals surface area contributed by atoms with Crippen molar-refractivity contribution >= 4 is 34.6 Å². The van der Waals surface area contributed by atoms with E-state index in [1.54, 1.807) is 36.4 Å². The van der Waals surface area contributed by atoms with E-state index < -0.39 is 0 Å². The normalized spacial score (nSPS) is 9.89. The molecular weight excluding hydrogens is 267 g/mol. The first-order valence-corrected chi connectivity index (χ1v) is 6.16. The van der Waals surface area contributed by atoms with E-state index in [1.807, 2.05) is 24.3 Å². The maximum absolute atomic E-state index is 12.4. The van der Waals surface area contributed by atoms with Crippen molar-refractivity contribution in [1.82, 2.24) is 0 Å². The molecular formula is C15H10Cl2O. The average molecular weight is 277 g/mol. The van der Waals surface area contributed by atoms with Crippen molar-refractivity contribution in [2.24, 2.45) is 0 Å². The van der Waals surface area contributed by atoms with Crippen molar-refractivity contribution < 1.29 is 4.79 Å². The van der Waals surface area contributed by atoms with Gasteiger partial charge in [0.1, 0.15) is 4.49 Å². The SMILES string of the molecule is O=C(C(=C(Cl)Cl)c1ccccc1)c1ccccc1. The van der Waals surface area contributed by atoms with Gasteiger partial charge in [0.25, 0.3) is 0 Å². The minimum atomic E-state index is -0.179. The van der Waals surface area contributed by atoms with Crippen LogP contribution in [0.2, 0.25) is 0 Å². The fourth-order valence-electron chi connectivity index (χ4n) is 1.66. The monoisotopic (exact) mass is 276 g/mol. The third-order valence-electron chi connectivity index (χ3n) is 2.51. The van der Waals surface area contributed by atoms with Crippen LogP contribution in [-0.4, -0.2) is 5.78 Å². The molecule has 0 N–H and O–H groups in total. The predicted octanol–water partition coefficient (Wildman–Crippen LogP) is 4.72. The second-order valence-corrected chi connectivity index (χ2v) is 4.65. The Hall–Kier alpha value is -1.57. The predicted molar refractivity (Wildman–Crippen MR) is 75.8 cm³/mol. The Balaban J connectivity index is 2.47. The Morgan fingerprint density at radius 1 is 0.722 bits per heavy atom. The van der Waals surface area contributed by atoms with Gasteiger partial charge in [0.15, 0.2) is 5.78 Å². The van der Waals surface area contributed by atoms with Gasteiger partial charge in [-0.25, -0.2) is 0 Å². The van der Waals surface area contributed by atoms with Crippen LogP contribution < -0.4 is 0 Å². The summed E-state index contributed by atoms with van der Waals surface area (Å²) in [6.45, 7) is 0. The number of halogens is 2. The van der Waals surface area contributed by atoms with Gasteiger partial charge < -0.3 is 0 Å². The molecule has 0 fully saturated rings. The van der Waals surface area contributed by atoms with Gasteiger partial charge in [-0.15, -0.1) is 0 Å². The molecule has 90 valence electrons. The van der Waals surface area contributed by atoms with Crippen LogP contribution in [0.25, 0.3) is 5.57 Å². The molecule has 3 heteroatoms. The Labute approximate surface area is 116 Å². The molecule has 2 rings (SSSR count). The van der Waals surface area contributed by atoms with E-state index in [9.17, 15) is 4.79 Å². The molecule has 1 nitrogen and oxygen atoms in total. The first-order chi connectivity index (χ1) is 8.70. The molecule has 18 heavy (non-hydrogen) atoms. The summed E-state index contributed by atoms with van der Waals surface area (Å²) in [4.78, 5) is 12.4. The number of hydrogen-bond acceptors (Lipinski definition) is 1. The van der Waals surface area contributed by atoms with Crippen LogP contribution in [0.1, 0.15) is 15.9 Å². The van der Waals surface area contributed by atoms with E-state index in [4.69, 9.17) is 23.2 Å². The maximum atomic E-state index is 12.4. The molecule has 0 aliphatic carbocycles. The molecule has 0 aliphatic heterocycles. The van der Waals surface area contributed by atoms with Crippen molar-refractivity contribution in [2.75, 3.05) is 0 Å². The number of carbonyl (C=O) groups is 1. The highest BCUT2D eigenvalue weighted by Gasteiger charge is 2.17. The van der Waals surface area contributed by atoms with E-state index in [0.717, 1.165) is 0 Å². The summed E-state index contributed by atoms with van der Waals surface area (Å²) in [5.41, 5.74) is 1.60. The molecule has 0 aromatic heterocycles. The summed E-state index contributed by atoms with van der Waals surface area (Å²) < 4.78 is -0.0185. The first-order valence-electron chi connectivity index (χ1n) is 5.40. The Morgan fingerprint density at radius 2 is 1.17 bits per heavy atom. The third-order valence-corrected chi connectivity index (χ3v) is 2.89. The smallest absolute Gasteiger partial charge is 0.196 e.